The molecular weight excluding hydrogens is 242 g/mol. The van der Waals surface area contributed by atoms with Crippen LogP contribution in [0.4, 0.5) is 0 Å². The van der Waals surface area contributed by atoms with E-state index >= 15 is 0 Å². The molecule has 0 saturated heterocycles. The van der Waals surface area contributed by atoms with Gasteiger partial charge < -0.3 is 10.4 Å². The summed E-state index contributed by atoms with van der Waals surface area (Å²) in [4.78, 5) is 22.6. The second-order valence-electron chi connectivity index (χ2n) is 4.87. The summed E-state index contributed by atoms with van der Waals surface area (Å²) < 4.78 is 0. The minimum atomic E-state index is -1.05. The molecule has 0 aliphatic heterocycles. The van der Waals surface area contributed by atoms with Crippen molar-refractivity contribution in [2.45, 2.75) is 26.2 Å². The van der Waals surface area contributed by atoms with Crippen molar-refractivity contribution in [3.05, 3.63) is 46.5 Å². The summed E-state index contributed by atoms with van der Waals surface area (Å²) in [5.41, 5.74) is 2.96. The second-order valence-corrected chi connectivity index (χ2v) is 4.87. The second kappa shape index (κ2) is 5.26. The Kier molecular flexibility index (Phi) is 3.69. The van der Waals surface area contributed by atoms with Gasteiger partial charge in [-0.15, -0.1) is 0 Å². The lowest BCUT2D eigenvalue weighted by atomic mass is 9.77. The first-order valence-corrected chi connectivity index (χ1v) is 6.27. The highest BCUT2D eigenvalue weighted by Gasteiger charge is 2.25. The molecule has 0 saturated carbocycles. The Morgan fingerprint density at radius 2 is 1.95 bits per heavy atom. The van der Waals surface area contributed by atoms with Crippen molar-refractivity contribution in [1.29, 1.82) is 0 Å². The van der Waals surface area contributed by atoms with E-state index in [1.165, 1.54) is 25.0 Å². The molecule has 1 aromatic carbocycles. The van der Waals surface area contributed by atoms with Crippen LogP contribution in [-0.2, 0) is 16.0 Å². The first kappa shape index (κ1) is 13.3. The topological polar surface area (TPSA) is 66.4 Å². The normalized spacial score (nSPS) is 17.9. The van der Waals surface area contributed by atoms with E-state index in [9.17, 15) is 9.59 Å². The van der Waals surface area contributed by atoms with E-state index in [4.69, 9.17) is 5.11 Å². The first-order chi connectivity index (χ1) is 9.00. The molecule has 100 valence electrons. The molecular formula is C15H17NO3. The summed E-state index contributed by atoms with van der Waals surface area (Å²) in [5.74, 6) is -1.01. The largest absolute Gasteiger partial charge is 0.478 e. The molecule has 0 radical (unpaired) electrons. The van der Waals surface area contributed by atoms with Gasteiger partial charge >= 0.3 is 5.97 Å². The van der Waals surface area contributed by atoms with Gasteiger partial charge in [-0.05, 0) is 31.4 Å². The third-order valence-electron chi connectivity index (χ3n) is 3.69. The lowest BCUT2D eigenvalue weighted by molar-refractivity contribution is -0.133. The number of fused-ring (bicyclic) bond motifs is 1. The molecule has 1 unspecified atom stereocenters. The third-order valence-corrected chi connectivity index (χ3v) is 3.69. The van der Waals surface area contributed by atoms with Gasteiger partial charge in [-0.1, -0.05) is 24.3 Å². The van der Waals surface area contributed by atoms with Gasteiger partial charge in [-0.2, -0.15) is 0 Å². The summed E-state index contributed by atoms with van der Waals surface area (Å²) in [6.07, 6.45) is 0.969. The fraction of sp³-hybridized carbons (Fsp3) is 0.333. The zero-order chi connectivity index (χ0) is 14.0. The highest BCUT2D eigenvalue weighted by atomic mass is 16.4. The Hall–Kier alpha value is -2.10. The Balaban J connectivity index is 1.93. The minimum Gasteiger partial charge on any atom is -0.478 e. The van der Waals surface area contributed by atoms with E-state index in [2.05, 4.69) is 17.4 Å². The van der Waals surface area contributed by atoms with Crippen LogP contribution in [0.15, 0.2) is 35.4 Å². The molecule has 0 fully saturated rings. The van der Waals surface area contributed by atoms with Crippen LogP contribution in [0.2, 0.25) is 0 Å². The molecule has 1 aromatic rings. The zero-order valence-corrected chi connectivity index (χ0v) is 11.1. The van der Waals surface area contributed by atoms with Crippen molar-refractivity contribution in [3.63, 3.8) is 0 Å². The fourth-order valence-electron chi connectivity index (χ4n) is 2.22. The molecule has 2 N–H and O–H groups in total. The van der Waals surface area contributed by atoms with Crippen LogP contribution < -0.4 is 5.32 Å². The number of hydrogen-bond donors (Lipinski definition) is 2. The van der Waals surface area contributed by atoms with E-state index in [-0.39, 0.29) is 17.1 Å². The van der Waals surface area contributed by atoms with Gasteiger partial charge in [0.2, 0.25) is 5.91 Å². The van der Waals surface area contributed by atoms with Gasteiger partial charge in [0.15, 0.2) is 0 Å². The van der Waals surface area contributed by atoms with E-state index in [1.54, 1.807) is 0 Å². The predicted molar refractivity (Wildman–Crippen MR) is 71.9 cm³/mol. The maximum absolute atomic E-state index is 11.8. The molecule has 1 atom stereocenters. The van der Waals surface area contributed by atoms with Crippen LogP contribution in [0, 0.1) is 0 Å². The third kappa shape index (κ3) is 2.67. The Labute approximate surface area is 112 Å². The van der Waals surface area contributed by atoms with Crippen molar-refractivity contribution >= 4 is 11.9 Å². The summed E-state index contributed by atoms with van der Waals surface area (Å²) >= 11 is 0. The first-order valence-electron chi connectivity index (χ1n) is 6.27. The Bertz CT molecular complexity index is 560. The van der Waals surface area contributed by atoms with Crippen molar-refractivity contribution < 1.29 is 14.7 Å². The van der Waals surface area contributed by atoms with E-state index in [1.807, 2.05) is 12.1 Å². The number of hydrogen-bond acceptors (Lipinski definition) is 2. The van der Waals surface area contributed by atoms with Crippen molar-refractivity contribution in [3.8, 4) is 0 Å². The maximum atomic E-state index is 11.8. The quantitative estimate of drug-likeness (QED) is 0.811. The molecule has 0 bridgehead atoms. The summed E-state index contributed by atoms with van der Waals surface area (Å²) in [7, 11) is 0. The number of carboxylic acids is 1. The standard InChI is InChI=1S/C15H17NO3/c1-9(10(2)15(18)19)14(17)16-8-12-7-11-5-3-4-6-13(11)12/h3-6,12H,7-8H2,1-2H3,(H,16,17)(H,18,19). The lowest BCUT2D eigenvalue weighted by Crippen LogP contribution is -2.34. The summed E-state index contributed by atoms with van der Waals surface area (Å²) in [5, 5.41) is 11.6. The van der Waals surface area contributed by atoms with E-state index in [0.717, 1.165) is 6.42 Å². The van der Waals surface area contributed by atoms with Crippen LogP contribution in [0.1, 0.15) is 30.9 Å². The van der Waals surface area contributed by atoms with Gasteiger partial charge in [-0.25, -0.2) is 4.79 Å². The number of nitrogens with one attached hydrogen (secondary N) is 1. The smallest absolute Gasteiger partial charge is 0.331 e. The Morgan fingerprint density at radius 1 is 1.26 bits per heavy atom. The predicted octanol–water partition coefficient (Wildman–Crippen LogP) is 1.86. The SMILES string of the molecule is CC(C(=O)O)=C(C)C(=O)NCC1Cc2ccccc21. The monoisotopic (exact) mass is 259 g/mol. The van der Waals surface area contributed by atoms with E-state index < -0.39 is 5.97 Å². The van der Waals surface area contributed by atoms with Crippen LogP contribution >= 0.6 is 0 Å². The summed E-state index contributed by atoms with van der Waals surface area (Å²) in [6.45, 7) is 3.53. The van der Waals surface area contributed by atoms with Gasteiger partial charge in [0.25, 0.3) is 0 Å². The highest BCUT2D eigenvalue weighted by molar-refractivity contribution is 6.01. The van der Waals surface area contributed by atoms with Crippen LogP contribution in [0.5, 0.6) is 0 Å². The molecule has 2 rings (SSSR count). The summed E-state index contributed by atoms with van der Waals surface area (Å²) in [6, 6.07) is 8.16. The van der Waals surface area contributed by atoms with Crippen molar-refractivity contribution in [2.75, 3.05) is 6.54 Å². The highest BCUT2D eigenvalue weighted by Crippen LogP contribution is 2.33. The molecule has 1 amide bonds. The van der Waals surface area contributed by atoms with Crippen LogP contribution in [0.3, 0.4) is 0 Å². The number of carbonyl (C=O) groups excluding carboxylic acids is 1. The number of benzene rings is 1. The average Bonchev–Trinajstić information content (AvgIpc) is 2.37. The molecule has 19 heavy (non-hydrogen) atoms. The fourth-order valence-corrected chi connectivity index (χ4v) is 2.22. The molecule has 1 aliphatic carbocycles. The van der Waals surface area contributed by atoms with Gasteiger partial charge in [0.1, 0.15) is 0 Å². The number of carboxylic acid groups (broad SMARTS) is 1. The van der Waals surface area contributed by atoms with Crippen molar-refractivity contribution in [1.82, 2.24) is 5.32 Å². The van der Waals surface area contributed by atoms with Gasteiger partial charge in [-0.3, -0.25) is 4.79 Å². The molecule has 0 heterocycles. The van der Waals surface area contributed by atoms with E-state index in [0.29, 0.717) is 12.5 Å². The van der Waals surface area contributed by atoms with Gasteiger partial charge in [0.05, 0.1) is 0 Å². The van der Waals surface area contributed by atoms with Crippen LogP contribution in [0.25, 0.3) is 0 Å². The molecule has 4 nitrogen and oxygen atoms in total. The number of amides is 1. The van der Waals surface area contributed by atoms with Crippen LogP contribution in [-0.4, -0.2) is 23.5 Å². The minimum absolute atomic E-state index is 0.0894. The number of rotatable bonds is 4. The van der Waals surface area contributed by atoms with Crippen molar-refractivity contribution in [2.24, 2.45) is 0 Å². The number of aliphatic carboxylic acids is 1. The maximum Gasteiger partial charge on any atom is 0.331 e. The lowest BCUT2D eigenvalue weighted by Gasteiger charge is -2.30. The Morgan fingerprint density at radius 3 is 2.58 bits per heavy atom. The zero-order valence-electron chi connectivity index (χ0n) is 11.1. The molecule has 1 aliphatic rings. The molecule has 0 aromatic heterocycles. The average molecular weight is 259 g/mol. The molecule has 0 spiro atoms. The molecule has 4 heteroatoms. The van der Waals surface area contributed by atoms with Gasteiger partial charge in [0, 0.05) is 23.6 Å². The number of carbonyl (C=O) groups is 2.